The Hall–Kier alpha value is -1.16. The molecule has 1 aromatic heterocycles. The molecule has 0 saturated heterocycles. The minimum atomic E-state index is 0.452. The first-order chi connectivity index (χ1) is 6.24. The van der Waals surface area contributed by atoms with Crippen LogP contribution in [-0.2, 0) is 0 Å². The van der Waals surface area contributed by atoms with Gasteiger partial charge in [0.25, 0.3) is 0 Å². The molecule has 0 fully saturated rings. The lowest BCUT2D eigenvalue weighted by Crippen LogP contribution is -1.90. The molecule has 68 valence electrons. The van der Waals surface area contributed by atoms with Gasteiger partial charge in [0.1, 0.15) is 5.69 Å². The van der Waals surface area contributed by atoms with Gasteiger partial charge in [-0.3, -0.25) is 4.99 Å². The van der Waals surface area contributed by atoms with Crippen LogP contribution in [0.5, 0.6) is 5.88 Å². The third-order valence-electron chi connectivity index (χ3n) is 1.57. The van der Waals surface area contributed by atoms with Crippen LogP contribution < -0.4 is 4.74 Å². The molecule has 1 aromatic rings. The Bertz CT molecular complexity index is 350. The molecule has 4 heteroatoms. The summed E-state index contributed by atoms with van der Waals surface area (Å²) < 4.78 is 5.84. The first-order valence-corrected chi connectivity index (χ1v) is 4.35. The molecule has 0 aromatic carbocycles. The van der Waals surface area contributed by atoms with E-state index in [1.165, 1.54) is 7.11 Å². The van der Waals surface area contributed by atoms with Crippen LogP contribution in [0, 0.1) is 0 Å². The van der Waals surface area contributed by atoms with Crippen molar-refractivity contribution in [2.24, 2.45) is 4.99 Å². The van der Waals surface area contributed by atoms with E-state index in [2.05, 4.69) is 39.2 Å². The Morgan fingerprint density at radius 2 is 2.38 bits per heavy atom. The Labute approximate surface area is 85.3 Å². The van der Waals surface area contributed by atoms with Crippen molar-refractivity contribution in [3.63, 3.8) is 0 Å². The van der Waals surface area contributed by atoms with Crippen molar-refractivity contribution < 1.29 is 4.74 Å². The van der Waals surface area contributed by atoms with Gasteiger partial charge >= 0.3 is 0 Å². The van der Waals surface area contributed by atoms with E-state index in [1.807, 2.05) is 0 Å². The fourth-order valence-corrected chi connectivity index (χ4v) is 1.42. The molecular weight excluding hydrogens is 232 g/mol. The van der Waals surface area contributed by atoms with Gasteiger partial charge in [-0.15, -0.1) is 0 Å². The zero-order valence-corrected chi connectivity index (χ0v) is 8.84. The van der Waals surface area contributed by atoms with Crippen molar-refractivity contribution in [3.8, 4) is 5.88 Å². The van der Waals surface area contributed by atoms with Crippen LogP contribution in [0.4, 0.5) is 5.69 Å². The van der Waals surface area contributed by atoms with Crippen LogP contribution in [0.1, 0.15) is 5.56 Å². The Morgan fingerprint density at radius 1 is 1.69 bits per heavy atom. The minimum absolute atomic E-state index is 0.452. The summed E-state index contributed by atoms with van der Waals surface area (Å²) in [5.41, 5.74) is 1.44. The molecule has 0 aliphatic heterocycles. The van der Waals surface area contributed by atoms with Gasteiger partial charge in [0.05, 0.1) is 7.11 Å². The third-order valence-corrected chi connectivity index (χ3v) is 2.20. The number of pyridine rings is 1. The highest BCUT2D eigenvalue weighted by Crippen LogP contribution is 2.34. The highest BCUT2D eigenvalue weighted by Gasteiger charge is 2.09. The van der Waals surface area contributed by atoms with E-state index in [0.29, 0.717) is 11.6 Å². The van der Waals surface area contributed by atoms with E-state index in [9.17, 15) is 0 Å². The maximum absolute atomic E-state index is 5.02. The predicted molar refractivity (Wildman–Crippen MR) is 57.8 cm³/mol. The van der Waals surface area contributed by atoms with Crippen molar-refractivity contribution in [1.29, 1.82) is 0 Å². The van der Waals surface area contributed by atoms with Gasteiger partial charge in [0.15, 0.2) is 0 Å². The van der Waals surface area contributed by atoms with Gasteiger partial charge in [-0.2, -0.15) is 0 Å². The second kappa shape index (κ2) is 4.18. The van der Waals surface area contributed by atoms with Crippen LogP contribution in [-0.4, -0.2) is 18.8 Å². The van der Waals surface area contributed by atoms with E-state index in [0.717, 1.165) is 10.0 Å². The molecule has 0 amide bonds. The number of methoxy groups -OCH3 is 1. The number of aliphatic imine (C=N–C) groups is 1. The molecule has 0 atom stereocenters. The standard InChI is InChI=1S/C9H9BrN2O/c1-4-6-7(10)5-12-9(13-3)8(6)11-2/h4-5H,1-2H2,3H3. The van der Waals surface area contributed by atoms with Crippen LogP contribution in [0.25, 0.3) is 6.08 Å². The Balaban J connectivity index is 3.44. The fraction of sp³-hybridized carbons (Fsp3) is 0.111. The Kier molecular flexibility index (Phi) is 3.19. The Morgan fingerprint density at radius 3 is 2.85 bits per heavy atom. The summed E-state index contributed by atoms with van der Waals surface area (Å²) in [5, 5.41) is 0. The molecule has 0 aliphatic carbocycles. The first kappa shape index (κ1) is 9.92. The highest BCUT2D eigenvalue weighted by atomic mass is 79.9. The van der Waals surface area contributed by atoms with E-state index < -0.39 is 0 Å². The smallest absolute Gasteiger partial charge is 0.240 e. The lowest BCUT2D eigenvalue weighted by atomic mass is 10.2. The summed E-state index contributed by atoms with van der Waals surface area (Å²) in [5.74, 6) is 0.452. The van der Waals surface area contributed by atoms with Gasteiger partial charge in [0, 0.05) is 16.2 Å². The number of rotatable bonds is 3. The van der Waals surface area contributed by atoms with Gasteiger partial charge in [-0.05, 0) is 22.6 Å². The minimum Gasteiger partial charge on any atom is -0.479 e. The number of hydrogen-bond donors (Lipinski definition) is 0. The molecule has 0 aliphatic rings. The molecular formula is C9H9BrN2O. The lowest BCUT2D eigenvalue weighted by molar-refractivity contribution is 0.399. The first-order valence-electron chi connectivity index (χ1n) is 3.56. The van der Waals surface area contributed by atoms with E-state index in [1.54, 1.807) is 12.3 Å². The van der Waals surface area contributed by atoms with Crippen LogP contribution >= 0.6 is 15.9 Å². The van der Waals surface area contributed by atoms with Crippen LogP contribution in [0.3, 0.4) is 0 Å². The zero-order chi connectivity index (χ0) is 9.84. The summed E-state index contributed by atoms with van der Waals surface area (Å²) in [4.78, 5) is 7.86. The lowest BCUT2D eigenvalue weighted by Gasteiger charge is -2.06. The molecule has 13 heavy (non-hydrogen) atoms. The highest BCUT2D eigenvalue weighted by molar-refractivity contribution is 9.10. The van der Waals surface area contributed by atoms with E-state index >= 15 is 0 Å². The maximum Gasteiger partial charge on any atom is 0.240 e. The normalized spacial score (nSPS) is 9.38. The largest absolute Gasteiger partial charge is 0.479 e. The molecule has 1 rings (SSSR count). The average Bonchev–Trinajstić information content (AvgIpc) is 2.17. The molecule has 0 unspecified atom stereocenters. The number of hydrogen-bond acceptors (Lipinski definition) is 3. The summed E-state index contributed by atoms with van der Waals surface area (Å²) in [6.07, 6.45) is 3.32. The van der Waals surface area contributed by atoms with E-state index in [-0.39, 0.29) is 0 Å². The van der Waals surface area contributed by atoms with Crippen molar-refractivity contribution >= 4 is 34.4 Å². The average molecular weight is 241 g/mol. The van der Waals surface area contributed by atoms with Gasteiger partial charge in [0.2, 0.25) is 5.88 Å². The van der Waals surface area contributed by atoms with E-state index in [4.69, 9.17) is 4.74 Å². The molecule has 3 nitrogen and oxygen atoms in total. The number of ether oxygens (including phenoxy) is 1. The van der Waals surface area contributed by atoms with Crippen molar-refractivity contribution in [1.82, 2.24) is 4.98 Å². The molecule has 0 saturated carbocycles. The number of aromatic nitrogens is 1. The van der Waals surface area contributed by atoms with Crippen LogP contribution in [0.15, 0.2) is 22.2 Å². The van der Waals surface area contributed by atoms with Gasteiger partial charge in [-0.25, -0.2) is 4.98 Å². The van der Waals surface area contributed by atoms with Crippen molar-refractivity contribution in [2.75, 3.05) is 7.11 Å². The maximum atomic E-state index is 5.02. The molecule has 0 spiro atoms. The fourth-order valence-electron chi connectivity index (χ4n) is 0.971. The monoisotopic (exact) mass is 240 g/mol. The summed E-state index contributed by atoms with van der Waals surface area (Å²) in [6.45, 7) is 7.13. The zero-order valence-electron chi connectivity index (χ0n) is 7.25. The second-order valence-electron chi connectivity index (χ2n) is 2.24. The van der Waals surface area contributed by atoms with Gasteiger partial charge < -0.3 is 4.74 Å². The quantitative estimate of drug-likeness (QED) is 0.762. The molecule has 0 bridgehead atoms. The molecule has 0 radical (unpaired) electrons. The summed E-state index contributed by atoms with van der Waals surface area (Å²) in [6, 6.07) is 0. The van der Waals surface area contributed by atoms with Crippen LogP contribution in [0.2, 0.25) is 0 Å². The van der Waals surface area contributed by atoms with Crippen molar-refractivity contribution in [3.05, 3.63) is 22.8 Å². The topological polar surface area (TPSA) is 34.5 Å². The van der Waals surface area contributed by atoms with Crippen molar-refractivity contribution in [2.45, 2.75) is 0 Å². The second-order valence-corrected chi connectivity index (χ2v) is 3.09. The SMILES string of the molecule is C=Cc1c(Br)cnc(OC)c1N=C. The summed E-state index contributed by atoms with van der Waals surface area (Å²) in [7, 11) is 1.54. The number of halogens is 1. The molecule has 0 N–H and O–H groups in total. The third kappa shape index (κ3) is 1.78. The summed E-state index contributed by atoms with van der Waals surface area (Å²) >= 11 is 3.33. The molecule has 1 heterocycles. The predicted octanol–water partition coefficient (Wildman–Crippen LogP) is 2.83. The van der Waals surface area contributed by atoms with Gasteiger partial charge in [-0.1, -0.05) is 12.7 Å². The number of nitrogens with zero attached hydrogens (tertiary/aromatic N) is 2.